The summed E-state index contributed by atoms with van der Waals surface area (Å²) in [5, 5.41) is 0. The summed E-state index contributed by atoms with van der Waals surface area (Å²) in [5.74, 6) is -0.0157. The van der Waals surface area contributed by atoms with E-state index in [2.05, 4.69) is 18.0 Å². The highest BCUT2D eigenvalue weighted by Crippen LogP contribution is 2.27. The summed E-state index contributed by atoms with van der Waals surface area (Å²) in [4.78, 5) is 34.0. The van der Waals surface area contributed by atoms with Crippen molar-refractivity contribution in [3.63, 3.8) is 0 Å². The first-order valence-corrected chi connectivity index (χ1v) is 10.1. The fourth-order valence-electron chi connectivity index (χ4n) is 3.83. The molecule has 5 nitrogen and oxygen atoms in total. The Bertz CT molecular complexity index is 820. The molecule has 0 radical (unpaired) electrons. The third-order valence-corrected chi connectivity index (χ3v) is 5.26. The van der Waals surface area contributed by atoms with Gasteiger partial charge in [0.15, 0.2) is 0 Å². The predicted octanol–water partition coefficient (Wildman–Crippen LogP) is 3.40. The van der Waals surface area contributed by atoms with Crippen LogP contribution in [0.4, 0.5) is 0 Å². The van der Waals surface area contributed by atoms with E-state index < -0.39 is 6.04 Å². The third-order valence-electron chi connectivity index (χ3n) is 5.26. The van der Waals surface area contributed by atoms with Gasteiger partial charge in [0, 0.05) is 49.9 Å². The molecule has 1 saturated heterocycles. The number of pyridine rings is 1. The van der Waals surface area contributed by atoms with E-state index in [1.54, 1.807) is 11.1 Å². The largest absolute Gasteiger partial charge is 0.339 e. The maximum atomic E-state index is 13.2. The Morgan fingerprint density at radius 1 is 1.18 bits per heavy atom. The normalized spacial score (nSPS) is 17.3. The monoisotopic (exact) mass is 379 g/mol. The van der Waals surface area contributed by atoms with Gasteiger partial charge in [0.1, 0.15) is 6.04 Å². The lowest BCUT2D eigenvalue weighted by Gasteiger charge is -2.41. The Morgan fingerprint density at radius 2 is 1.96 bits per heavy atom. The number of nitrogens with zero attached hydrogens (tertiary/aromatic N) is 3. The molecule has 1 aliphatic heterocycles. The minimum atomic E-state index is -0.451. The van der Waals surface area contributed by atoms with Crippen molar-refractivity contribution in [2.45, 2.75) is 39.7 Å². The van der Waals surface area contributed by atoms with Crippen molar-refractivity contribution < 1.29 is 9.59 Å². The second kappa shape index (κ2) is 9.00. The Balaban J connectivity index is 1.94. The summed E-state index contributed by atoms with van der Waals surface area (Å²) >= 11 is 0. The van der Waals surface area contributed by atoms with Crippen LogP contribution >= 0.6 is 0 Å². The quantitative estimate of drug-likeness (QED) is 0.773. The van der Waals surface area contributed by atoms with E-state index in [4.69, 9.17) is 0 Å². The SMILES string of the molecule is CCCN1CCN(C(=O)C(C)C)[C@H](Cc2ccccc2-c2cccnc2)C1=O. The summed E-state index contributed by atoms with van der Waals surface area (Å²) in [6.45, 7) is 7.82. The number of hydrogen-bond donors (Lipinski definition) is 0. The van der Waals surface area contributed by atoms with Gasteiger partial charge in [-0.15, -0.1) is 0 Å². The molecule has 2 aromatic rings. The van der Waals surface area contributed by atoms with E-state index in [1.165, 1.54) is 0 Å². The molecule has 28 heavy (non-hydrogen) atoms. The topological polar surface area (TPSA) is 53.5 Å². The molecule has 2 amide bonds. The molecule has 0 spiro atoms. The van der Waals surface area contributed by atoms with Crippen molar-refractivity contribution >= 4 is 11.8 Å². The molecule has 0 aliphatic carbocycles. The minimum absolute atomic E-state index is 0.0494. The lowest BCUT2D eigenvalue weighted by molar-refractivity contribution is -0.153. The molecular weight excluding hydrogens is 350 g/mol. The zero-order chi connectivity index (χ0) is 20.1. The van der Waals surface area contributed by atoms with Crippen LogP contribution in [0.15, 0.2) is 48.8 Å². The molecule has 5 heteroatoms. The van der Waals surface area contributed by atoms with Crippen LogP contribution in [-0.2, 0) is 16.0 Å². The molecule has 1 aromatic heterocycles. The molecule has 0 bridgehead atoms. The average molecular weight is 380 g/mol. The molecule has 1 atom stereocenters. The summed E-state index contributed by atoms with van der Waals surface area (Å²) in [5.41, 5.74) is 3.15. The highest BCUT2D eigenvalue weighted by atomic mass is 16.2. The molecule has 1 fully saturated rings. The Hall–Kier alpha value is -2.69. The van der Waals surface area contributed by atoms with Crippen molar-refractivity contribution in [3.05, 3.63) is 54.4 Å². The Kier molecular flexibility index (Phi) is 6.45. The molecule has 0 unspecified atom stereocenters. The lowest BCUT2D eigenvalue weighted by atomic mass is 9.93. The van der Waals surface area contributed by atoms with E-state index in [0.717, 1.165) is 29.7 Å². The number of benzene rings is 1. The highest BCUT2D eigenvalue weighted by Gasteiger charge is 2.38. The van der Waals surface area contributed by atoms with Crippen LogP contribution in [0.5, 0.6) is 0 Å². The molecular formula is C23H29N3O2. The number of carbonyl (C=O) groups is 2. The Morgan fingerprint density at radius 3 is 2.64 bits per heavy atom. The van der Waals surface area contributed by atoms with Crippen molar-refractivity contribution in [3.8, 4) is 11.1 Å². The van der Waals surface area contributed by atoms with Gasteiger partial charge in [-0.3, -0.25) is 14.6 Å². The van der Waals surface area contributed by atoms with Gasteiger partial charge in [0.05, 0.1) is 0 Å². The molecule has 3 rings (SSSR count). The van der Waals surface area contributed by atoms with E-state index in [-0.39, 0.29) is 17.7 Å². The van der Waals surface area contributed by atoms with Gasteiger partial charge < -0.3 is 9.80 Å². The molecule has 1 aliphatic rings. The van der Waals surface area contributed by atoms with Crippen molar-refractivity contribution in [1.82, 2.24) is 14.8 Å². The van der Waals surface area contributed by atoms with Crippen LogP contribution in [-0.4, -0.2) is 52.3 Å². The van der Waals surface area contributed by atoms with E-state index in [1.807, 2.05) is 55.3 Å². The molecule has 0 saturated carbocycles. The number of aromatic nitrogens is 1. The maximum absolute atomic E-state index is 13.2. The number of rotatable bonds is 6. The molecule has 148 valence electrons. The van der Waals surface area contributed by atoms with Gasteiger partial charge >= 0.3 is 0 Å². The summed E-state index contributed by atoms with van der Waals surface area (Å²) in [6.07, 6.45) is 5.02. The fourth-order valence-corrected chi connectivity index (χ4v) is 3.83. The van der Waals surface area contributed by atoms with Gasteiger partial charge in [-0.25, -0.2) is 0 Å². The van der Waals surface area contributed by atoms with Gasteiger partial charge in [0.25, 0.3) is 0 Å². The summed E-state index contributed by atoms with van der Waals surface area (Å²) in [7, 11) is 0. The standard InChI is InChI=1S/C23H29N3O2/c1-4-12-25-13-14-26(22(27)17(2)3)21(23(25)28)15-18-8-5-6-10-20(18)19-9-7-11-24-16-19/h5-11,16-17,21H,4,12-15H2,1-3H3/t21-/m1/s1. The van der Waals surface area contributed by atoms with Gasteiger partial charge in [-0.1, -0.05) is 51.1 Å². The third kappa shape index (κ3) is 4.24. The Labute approximate surface area is 167 Å². The second-order valence-electron chi connectivity index (χ2n) is 7.63. The van der Waals surface area contributed by atoms with Crippen LogP contribution in [0.3, 0.4) is 0 Å². The summed E-state index contributed by atoms with van der Waals surface area (Å²) < 4.78 is 0. The van der Waals surface area contributed by atoms with Crippen LogP contribution in [0, 0.1) is 5.92 Å². The molecule has 2 heterocycles. The van der Waals surface area contributed by atoms with Crippen molar-refractivity contribution in [2.75, 3.05) is 19.6 Å². The first kappa shape index (κ1) is 20.1. The highest BCUT2D eigenvalue weighted by molar-refractivity contribution is 5.90. The van der Waals surface area contributed by atoms with Crippen LogP contribution in [0.25, 0.3) is 11.1 Å². The maximum Gasteiger partial charge on any atom is 0.245 e. The first-order chi connectivity index (χ1) is 13.5. The number of amides is 2. The second-order valence-corrected chi connectivity index (χ2v) is 7.63. The van der Waals surface area contributed by atoms with Gasteiger partial charge in [0.2, 0.25) is 11.8 Å². The first-order valence-electron chi connectivity index (χ1n) is 10.1. The molecule has 1 aromatic carbocycles. The predicted molar refractivity (Wildman–Crippen MR) is 111 cm³/mol. The fraction of sp³-hybridized carbons (Fsp3) is 0.435. The van der Waals surface area contributed by atoms with Gasteiger partial charge in [-0.2, -0.15) is 0 Å². The van der Waals surface area contributed by atoms with Gasteiger partial charge in [-0.05, 0) is 23.6 Å². The number of hydrogen-bond acceptors (Lipinski definition) is 3. The zero-order valence-corrected chi connectivity index (χ0v) is 17.0. The van der Waals surface area contributed by atoms with Crippen molar-refractivity contribution in [2.24, 2.45) is 5.92 Å². The smallest absolute Gasteiger partial charge is 0.245 e. The lowest BCUT2D eigenvalue weighted by Crippen LogP contribution is -2.60. The molecule has 0 N–H and O–H groups in total. The zero-order valence-electron chi connectivity index (χ0n) is 17.0. The summed E-state index contributed by atoms with van der Waals surface area (Å²) in [6, 6.07) is 11.6. The van der Waals surface area contributed by atoms with Crippen molar-refractivity contribution in [1.29, 1.82) is 0 Å². The van der Waals surface area contributed by atoms with E-state index >= 15 is 0 Å². The number of carbonyl (C=O) groups excluding carboxylic acids is 2. The average Bonchev–Trinajstić information content (AvgIpc) is 2.71. The van der Waals surface area contributed by atoms with Crippen LogP contribution < -0.4 is 0 Å². The minimum Gasteiger partial charge on any atom is -0.339 e. The van der Waals surface area contributed by atoms with Crippen LogP contribution in [0.2, 0.25) is 0 Å². The van der Waals surface area contributed by atoms with Crippen LogP contribution in [0.1, 0.15) is 32.8 Å². The van der Waals surface area contributed by atoms with E-state index in [0.29, 0.717) is 19.5 Å². The van der Waals surface area contributed by atoms with E-state index in [9.17, 15) is 9.59 Å². The number of piperazine rings is 1.